The van der Waals surface area contributed by atoms with Gasteiger partial charge in [0.2, 0.25) is 0 Å². The minimum atomic E-state index is -0.500. The van der Waals surface area contributed by atoms with E-state index in [1.54, 1.807) is 32.2 Å². The van der Waals surface area contributed by atoms with Crippen LogP contribution in [0, 0.1) is 24.0 Å². The number of amides is 1. The fraction of sp³-hybridized carbons (Fsp3) is 0.214. The predicted octanol–water partition coefficient (Wildman–Crippen LogP) is 1.93. The molecule has 0 atom stereocenters. The zero-order valence-corrected chi connectivity index (χ0v) is 11.7. The number of nitrogens with zero attached hydrogens (tertiary/aromatic N) is 3. The summed E-state index contributed by atoms with van der Waals surface area (Å²) >= 11 is 0. The van der Waals surface area contributed by atoms with Crippen LogP contribution in [-0.4, -0.2) is 20.8 Å². The Hall–Kier alpha value is -2.83. The Balaban J connectivity index is 2.14. The maximum Gasteiger partial charge on any atom is 0.273 e. The van der Waals surface area contributed by atoms with E-state index in [4.69, 9.17) is 0 Å². The monoisotopic (exact) mass is 286 g/mol. The molecule has 1 N–H and O–H groups in total. The van der Waals surface area contributed by atoms with Gasteiger partial charge in [0.1, 0.15) is 5.82 Å². The first-order chi connectivity index (χ1) is 9.99. The molecule has 0 fully saturated rings. The number of hydrogen-bond acceptors (Lipinski definition) is 5. The number of nitro benzene ring substituents is 1. The first-order valence-corrected chi connectivity index (χ1v) is 6.30. The molecule has 2 aromatic rings. The number of hydrogen-bond donors (Lipinski definition) is 1. The molecule has 1 aromatic heterocycles. The van der Waals surface area contributed by atoms with Crippen LogP contribution in [0.4, 0.5) is 5.69 Å². The number of aromatic nitrogens is 2. The molecule has 0 radical (unpaired) electrons. The highest BCUT2D eigenvalue weighted by atomic mass is 16.6. The van der Waals surface area contributed by atoms with Crippen molar-refractivity contribution in [2.75, 3.05) is 0 Å². The fourth-order valence-electron chi connectivity index (χ4n) is 1.94. The van der Waals surface area contributed by atoms with Crippen LogP contribution in [0.2, 0.25) is 0 Å². The number of rotatable bonds is 4. The Morgan fingerprint density at radius 3 is 2.76 bits per heavy atom. The van der Waals surface area contributed by atoms with Crippen LogP contribution in [0.5, 0.6) is 0 Å². The number of benzene rings is 1. The molecule has 0 aliphatic heterocycles. The third kappa shape index (κ3) is 3.38. The second-order valence-electron chi connectivity index (χ2n) is 4.48. The largest absolute Gasteiger partial charge is 0.346 e. The summed E-state index contributed by atoms with van der Waals surface area (Å²) in [6, 6.07) is 6.13. The molecule has 2 rings (SSSR count). The lowest BCUT2D eigenvalue weighted by Gasteiger charge is -2.08. The summed E-state index contributed by atoms with van der Waals surface area (Å²) in [5.41, 5.74) is 1.24. The van der Waals surface area contributed by atoms with E-state index < -0.39 is 4.92 Å². The predicted molar refractivity (Wildman–Crippen MR) is 75.8 cm³/mol. The van der Waals surface area contributed by atoms with Gasteiger partial charge in [0.15, 0.2) is 0 Å². The zero-order valence-electron chi connectivity index (χ0n) is 11.7. The molecule has 7 heteroatoms. The normalized spacial score (nSPS) is 10.2. The second-order valence-corrected chi connectivity index (χ2v) is 4.48. The highest BCUT2D eigenvalue weighted by Gasteiger charge is 2.17. The van der Waals surface area contributed by atoms with Crippen molar-refractivity contribution in [2.24, 2.45) is 0 Å². The van der Waals surface area contributed by atoms with Gasteiger partial charge >= 0.3 is 0 Å². The van der Waals surface area contributed by atoms with Crippen LogP contribution in [0.3, 0.4) is 0 Å². The summed E-state index contributed by atoms with van der Waals surface area (Å²) in [6.45, 7) is 3.56. The summed E-state index contributed by atoms with van der Waals surface area (Å²) in [7, 11) is 0. The maximum atomic E-state index is 12.1. The van der Waals surface area contributed by atoms with Crippen LogP contribution >= 0.6 is 0 Å². The lowest BCUT2D eigenvalue weighted by atomic mass is 10.1. The summed E-state index contributed by atoms with van der Waals surface area (Å²) in [5, 5.41) is 13.6. The third-order valence-corrected chi connectivity index (χ3v) is 3.01. The highest BCUT2D eigenvalue weighted by Crippen LogP contribution is 2.20. The number of carbonyl (C=O) groups is 1. The number of carbonyl (C=O) groups excluding carboxylic acids is 1. The van der Waals surface area contributed by atoms with Crippen molar-refractivity contribution in [1.82, 2.24) is 15.3 Å². The van der Waals surface area contributed by atoms with Crippen molar-refractivity contribution < 1.29 is 9.72 Å². The molecule has 0 bridgehead atoms. The molecule has 0 aliphatic carbocycles. The molecular formula is C14H14N4O3. The molecule has 0 saturated heterocycles. The molecular weight excluding hydrogens is 272 g/mol. The Morgan fingerprint density at radius 1 is 1.33 bits per heavy atom. The number of aryl methyl sites for hydroxylation is 1. The summed E-state index contributed by atoms with van der Waals surface area (Å²) < 4.78 is 0. The standard InChI is InChI=1S/C14H14N4O3/c1-9-12(4-3-5-13(9)18(20)21)14(19)16-8-11-6-7-15-10(2)17-11/h3-7H,8H2,1-2H3,(H,16,19). The SMILES string of the molecule is Cc1nccc(CNC(=O)c2cccc([N+](=O)[O-])c2C)n1. The average Bonchev–Trinajstić information content (AvgIpc) is 2.45. The lowest BCUT2D eigenvalue weighted by Crippen LogP contribution is -2.24. The first-order valence-electron chi connectivity index (χ1n) is 6.30. The Bertz CT molecular complexity index is 700. The molecule has 0 unspecified atom stereocenters. The van der Waals surface area contributed by atoms with Crippen molar-refractivity contribution in [3.05, 3.63) is 63.2 Å². The van der Waals surface area contributed by atoms with Crippen LogP contribution in [-0.2, 0) is 6.54 Å². The van der Waals surface area contributed by atoms with Gasteiger partial charge in [-0.25, -0.2) is 9.97 Å². The minimum absolute atomic E-state index is 0.0690. The topological polar surface area (TPSA) is 98.0 Å². The molecule has 7 nitrogen and oxygen atoms in total. The van der Waals surface area contributed by atoms with E-state index in [0.717, 1.165) is 0 Å². The van der Waals surface area contributed by atoms with Gasteiger partial charge in [-0.05, 0) is 26.0 Å². The van der Waals surface area contributed by atoms with E-state index in [1.807, 2.05) is 0 Å². The van der Waals surface area contributed by atoms with Crippen molar-refractivity contribution in [3.8, 4) is 0 Å². The van der Waals surface area contributed by atoms with E-state index in [9.17, 15) is 14.9 Å². The third-order valence-electron chi connectivity index (χ3n) is 3.01. The molecule has 21 heavy (non-hydrogen) atoms. The lowest BCUT2D eigenvalue weighted by molar-refractivity contribution is -0.385. The molecule has 0 aliphatic rings. The van der Waals surface area contributed by atoms with Gasteiger partial charge in [-0.2, -0.15) is 0 Å². The number of nitro groups is 1. The van der Waals surface area contributed by atoms with Crippen molar-refractivity contribution in [3.63, 3.8) is 0 Å². The van der Waals surface area contributed by atoms with Crippen LogP contribution in [0.15, 0.2) is 30.5 Å². The van der Waals surface area contributed by atoms with E-state index in [2.05, 4.69) is 15.3 Å². The first kappa shape index (κ1) is 14.6. The van der Waals surface area contributed by atoms with Gasteiger partial charge in [-0.3, -0.25) is 14.9 Å². The molecule has 1 amide bonds. The van der Waals surface area contributed by atoms with Crippen LogP contribution < -0.4 is 5.32 Å². The summed E-state index contributed by atoms with van der Waals surface area (Å²) in [6.07, 6.45) is 1.61. The molecule has 0 saturated carbocycles. The Labute approximate surface area is 121 Å². The average molecular weight is 286 g/mol. The Kier molecular flexibility index (Phi) is 4.22. The van der Waals surface area contributed by atoms with E-state index in [-0.39, 0.29) is 23.7 Å². The summed E-state index contributed by atoms with van der Waals surface area (Å²) in [4.78, 5) is 30.6. The fourth-order valence-corrected chi connectivity index (χ4v) is 1.94. The van der Waals surface area contributed by atoms with E-state index >= 15 is 0 Å². The molecule has 1 aromatic carbocycles. The zero-order chi connectivity index (χ0) is 15.4. The van der Waals surface area contributed by atoms with Gasteiger partial charge in [0, 0.05) is 23.4 Å². The maximum absolute atomic E-state index is 12.1. The van der Waals surface area contributed by atoms with Gasteiger partial charge in [0.25, 0.3) is 11.6 Å². The Morgan fingerprint density at radius 2 is 2.10 bits per heavy atom. The highest BCUT2D eigenvalue weighted by molar-refractivity contribution is 5.96. The van der Waals surface area contributed by atoms with Crippen LogP contribution in [0.1, 0.15) is 27.4 Å². The van der Waals surface area contributed by atoms with Gasteiger partial charge in [-0.15, -0.1) is 0 Å². The van der Waals surface area contributed by atoms with Crippen molar-refractivity contribution in [2.45, 2.75) is 20.4 Å². The number of nitrogens with one attached hydrogen (secondary N) is 1. The van der Waals surface area contributed by atoms with Crippen molar-refractivity contribution in [1.29, 1.82) is 0 Å². The second kappa shape index (κ2) is 6.08. The van der Waals surface area contributed by atoms with Crippen LogP contribution in [0.25, 0.3) is 0 Å². The molecule has 108 valence electrons. The van der Waals surface area contributed by atoms with Gasteiger partial charge < -0.3 is 5.32 Å². The van der Waals surface area contributed by atoms with Gasteiger partial charge in [0.05, 0.1) is 17.2 Å². The quantitative estimate of drug-likeness (QED) is 0.684. The van der Waals surface area contributed by atoms with E-state index in [1.165, 1.54) is 12.1 Å². The molecule has 1 heterocycles. The smallest absolute Gasteiger partial charge is 0.273 e. The summed E-state index contributed by atoms with van der Waals surface area (Å²) in [5.74, 6) is 0.251. The van der Waals surface area contributed by atoms with Crippen molar-refractivity contribution >= 4 is 11.6 Å². The van der Waals surface area contributed by atoms with E-state index in [0.29, 0.717) is 17.1 Å². The minimum Gasteiger partial charge on any atom is -0.346 e. The van der Waals surface area contributed by atoms with Gasteiger partial charge in [-0.1, -0.05) is 6.07 Å². The molecule has 0 spiro atoms.